The molecule has 0 aliphatic rings. The number of amides is 1. The van der Waals surface area contributed by atoms with E-state index in [1.807, 2.05) is 44.2 Å². The molecular weight excluding hydrogens is 434 g/mol. The SMILES string of the molecule is Cc1ccc(C(=O)Oc2ccc(C(=O)COC(=O)CCC(=O)Nc3cccc(C)c3)cc2)cc1. The fourth-order valence-corrected chi connectivity index (χ4v) is 3.03. The molecule has 0 fully saturated rings. The van der Waals surface area contributed by atoms with Gasteiger partial charge in [0.2, 0.25) is 5.91 Å². The lowest BCUT2D eigenvalue weighted by Crippen LogP contribution is -2.17. The monoisotopic (exact) mass is 459 g/mol. The zero-order chi connectivity index (χ0) is 24.5. The molecular formula is C27H25NO6. The molecule has 34 heavy (non-hydrogen) atoms. The first kappa shape index (κ1) is 24.4. The van der Waals surface area contributed by atoms with Crippen molar-refractivity contribution in [2.45, 2.75) is 26.7 Å². The van der Waals surface area contributed by atoms with Gasteiger partial charge in [0.05, 0.1) is 12.0 Å². The number of Topliss-reactive ketones (excluding diaryl/α,β-unsaturated/α-hetero) is 1. The summed E-state index contributed by atoms with van der Waals surface area (Å²) in [6.45, 7) is 3.39. The first-order valence-corrected chi connectivity index (χ1v) is 10.7. The van der Waals surface area contributed by atoms with E-state index in [9.17, 15) is 19.2 Å². The molecule has 0 bridgehead atoms. The number of benzene rings is 3. The van der Waals surface area contributed by atoms with Crippen molar-refractivity contribution in [3.8, 4) is 5.75 Å². The number of aryl methyl sites for hydroxylation is 2. The van der Waals surface area contributed by atoms with Gasteiger partial charge in [-0.15, -0.1) is 0 Å². The van der Waals surface area contributed by atoms with Crippen LogP contribution < -0.4 is 10.1 Å². The Bertz CT molecular complexity index is 1180. The molecule has 7 nitrogen and oxygen atoms in total. The number of hydrogen-bond acceptors (Lipinski definition) is 6. The molecule has 0 aliphatic heterocycles. The Morgan fingerprint density at radius 1 is 0.765 bits per heavy atom. The second-order valence-electron chi connectivity index (χ2n) is 7.78. The maximum atomic E-state index is 12.3. The molecule has 0 aliphatic carbocycles. The van der Waals surface area contributed by atoms with Crippen LogP contribution in [0.15, 0.2) is 72.8 Å². The van der Waals surface area contributed by atoms with Crippen LogP contribution >= 0.6 is 0 Å². The third-order valence-corrected chi connectivity index (χ3v) is 4.90. The van der Waals surface area contributed by atoms with Gasteiger partial charge >= 0.3 is 11.9 Å². The van der Waals surface area contributed by atoms with Gasteiger partial charge in [-0.3, -0.25) is 14.4 Å². The average Bonchev–Trinajstić information content (AvgIpc) is 2.82. The van der Waals surface area contributed by atoms with Gasteiger partial charge in [0, 0.05) is 17.7 Å². The van der Waals surface area contributed by atoms with Gasteiger partial charge in [-0.25, -0.2) is 4.79 Å². The largest absolute Gasteiger partial charge is 0.457 e. The molecule has 174 valence electrons. The van der Waals surface area contributed by atoms with E-state index in [0.717, 1.165) is 11.1 Å². The molecule has 1 N–H and O–H groups in total. The number of nitrogens with one attached hydrogen (secondary N) is 1. The summed E-state index contributed by atoms with van der Waals surface area (Å²) in [5, 5.41) is 2.71. The van der Waals surface area contributed by atoms with Gasteiger partial charge in [0.1, 0.15) is 5.75 Å². The molecule has 0 unspecified atom stereocenters. The van der Waals surface area contributed by atoms with Gasteiger partial charge in [-0.05, 0) is 67.9 Å². The lowest BCUT2D eigenvalue weighted by atomic mass is 10.1. The van der Waals surface area contributed by atoms with E-state index in [1.54, 1.807) is 18.2 Å². The second kappa shape index (κ2) is 11.6. The van der Waals surface area contributed by atoms with E-state index < -0.39 is 24.3 Å². The van der Waals surface area contributed by atoms with Crippen LogP contribution in [0.3, 0.4) is 0 Å². The Morgan fingerprint density at radius 2 is 1.44 bits per heavy atom. The van der Waals surface area contributed by atoms with Crippen LogP contribution in [-0.4, -0.2) is 30.2 Å². The van der Waals surface area contributed by atoms with Gasteiger partial charge in [0.25, 0.3) is 0 Å². The Labute approximate surface area is 197 Å². The Hall–Kier alpha value is -4.26. The molecule has 1 amide bonds. The van der Waals surface area contributed by atoms with Crippen molar-refractivity contribution in [3.05, 3.63) is 95.1 Å². The number of carbonyl (C=O) groups is 4. The summed E-state index contributed by atoms with van der Waals surface area (Å²) in [6.07, 6.45) is -0.194. The highest BCUT2D eigenvalue weighted by Gasteiger charge is 2.13. The van der Waals surface area contributed by atoms with E-state index in [1.165, 1.54) is 24.3 Å². The normalized spacial score (nSPS) is 10.3. The smallest absolute Gasteiger partial charge is 0.343 e. The fourth-order valence-electron chi connectivity index (χ4n) is 3.03. The highest BCUT2D eigenvalue weighted by molar-refractivity contribution is 5.98. The number of rotatable bonds is 9. The molecule has 0 spiro atoms. The average molecular weight is 459 g/mol. The molecule has 7 heteroatoms. The minimum atomic E-state index is -0.642. The van der Waals surface area contributed by atoms with Crippen molar-refractivity contribution in [1.82, 2.24) is 0 Å². The molecule has 0 atom stereocenters. The minimum absolute atomic E-state index is 0.0536. The van der Waals surface area contributed by atoms with E-state index in [2.05, 4.69) is 5.32 Å². The summed E-state index contributed by atoms with van der Waals surface area (Å²) in [7, 11) is 0. The van der Waals surface area contributed by atoms with Gasteiger partial charge < -0.3 is 14.8 Å². The van der Waals surface area contributed by atoms with Crippen molar-refractivity contribution < 1.29 is 28.7 Å². The van der Waals surface area contributed by atoms with Crippen LogP contribution in [-0.2, 0) is 14.3 Å². The number of hydrogen-bond donors (Lipinski definition) is 1. The Morgan fingerprint density at radius 3 is 2.12 bits per heavy atom. The maximum absolute atomic E-state index is 12.3. The van der Waals surface area contributed by atoms with Gasteiger partial charge in [-0.1, -0.05) is 29.8 Å². The van der Waals surface area contributed by atoms with Crippen molar-refractivity contribution in [2.75, 3.05) is 11.9 Å². The van der Waals surface area contributed by atoms with Gasteiger partial charge in [0.15, 0.2) is 12.4 Å². The molecule has 0 saturated heterocycles. The number of esters is 2. The van der Waals surface area contributed by atoms with Crippen LogP contribution in [0.25, 0.3) is 0 Å². The summed E-state index contributed by atoms with van der Waals surface area (Å²) < 4.78 is 10.3. The number of ether oxygens (including phenoxy) is 2. The number of carbonyl (C=O) groups excluding carboxylic acids is 4. The predicted octanol–water partition coefficient (Wildman–Crippen LogP) is 4.67. The van der Waals surface area contributed by atoms with Crippen molar-refractivity contribution in [1.29, 1.82) is 0 Å². The van der Waals surface area contributed by atoms with Crippen LogP contribution in [0.2, 0.25) is 0 Å². The van der Waals surface area contributed by atoms with E-state index >= 15 is 0 Å². The van der Waals surface area contributed by atoms with E-state index in [0.29, 0.717) is 22.6 Å². The number of ketones is 1. The zero-order valence-electron chi connectivity index (χ0n) is 19.0. The molecule has 0 radical (unpaired) electrons. The lowest BCUT2D eigenvalue weighted by Gasteiger charge is -2.07. The Balaban J connectivity index is 1.41. The maximum Gasteiger partial charge on any atom is 0.343 e. The van der Waals surface area contributed by atoms with Crippen LogP contribution in [0, 0.1) is 13.8 Å². The molecule has 3 aromatic rings. The van der Waals surface area contributed by atoms with Gasteiger partial charge in [-0.2, -0.15) is 0 Å². The molecule has 3 rings (SSSR count). The standard InChI is InChI=1S/C27H25NO6/c1-18-6-8-21(9-7-18)27(32)34-23-12-10-20(11-13-23)24(29)17-33-26(31)15-14-25(30)28-22-5-3-4-19(2)16-22/h3-13,16H,14-15,17H2,1-2H3,(H,28,30). The highest BCUT2D eigenvalue weighted by Crippen LogP contribution is 2.16. The van der Waals surface area contributed by atoms with Crippen LogP contribution in [0.1, 0.15) is 44.7 Å². The summed E-state index contributed by atoms with van der Waals surface area (Å²) in [5.41, 5.74) is 3.42. The quantitative estimate of drug-likeness (QED) is 0.284. The summed E-state index contributed by atoms with van der Waals surface area (Å²) in [6, 6.07) is 20.3. The Kier molecular flexibility index (Phi) is 8.29. The first-order chi connectivity index (χ1) is 16.3. The van der Waals surface area contributed by atoms with Crippen molar-refractivity contribution in [3.63, 3.8) is 0 Å². The molecule has 0 heterocycles. The second-order valence-corrected chi connectivity index (χ2v) is 7.78. The fraction of sp³-hybridized carbons (Fsp3) is 0.185. The van der Waals surface area contributed by atoms with Crippen molar-refractivity contribution in [2.24, 2.45) is 0 Å². The van der Waals surface area contributed by atoms with Crippen LogP contribution in [0.5, 0.6) is 5.75 Å². The topological polar surface area (TPSA) is 98.8 Å². The number of anilines is 1. The lowest BCUT2D eigenvalue weighted by molar-refractivity contribution is -0.143. The highest BCUT2D eigenvalue weighted by atomic mass is 16.5. The summed E-state index contributed by atoms with van der Waals surface area (Å²) in [4.78, 5) is 48.3. The van der Waals surface area contributed by atoms with Crippen molar-refractivity contribution >= 4 is 29.3 Å². The summed E-state index contributed by atoms with van der Waals surface area (Å²) >= 11 is 0. The van der Waals surface area contributed by atoms with Crippen LogP contribution in [0.4, 0.5) is 5.69 Å². The summed E-state index contributed by atoms with van der Waals surface area (Å²) in [5.74, 6) is -1.58. The third kappa shape index (κ3) is 7.41. The third-order valence-electron chi connectivity index (χ3n) is 4.90. The zero-order valence-corrected chi connectivity index (χ0v) is 19.0. The molecule has 3 aromatic carbocycles. The predicted molar refractivity (Wildman–Crippen MR) is 127 cm³/mol. The minimum Gasteiger partial charge on any atom is -0.457 e. The first-order valence-electron chi connectivity index (χ1n) is 10.7. The molecule has 0 aromatic heterocycles. The molecule has 0 saturated carbocycles. The van der Waals surface area contributed by atoms with E-state index in [4.69, 9.17) is 9.47 Å². The van der Waals surface area contributed by atoms with E-state index in [-0.39, 0.29) is 18.7 Å².